The molecule has 8 nitrogen and oxygen atoms in total. The van der Waals surface area contributed by atoms with Crippen LogP contribution < -0.4 is 10.6 Å². The molecule has 134 valence electrons. The second kappa shape index (κ2) is 7.75. The summed E-state index contributed by atoms with van der Waals surface area (Å²) in [7, 11) is 0. The average molecular weight is 355 g/mol. The molecule has 0 aromatic heterocycles. The van der Waals surface area contributed by atoms with Gasteiger partial charge in [0.2, 0.25) is 0 Å². The van der Waals surface area contributed by atoms with Gasteiger partial charge >= 0.3 is 0 Å². The van der Waals surface area contributed by atoms with Crippen molar-refractivity contribution < 1.29 is 19.2 Å². The van der Waals surface area contributed by atoms with Crippen molar-refractivity contribution in [2.24, 2.45) is 0 Å². The summed E-state index contributed by atoms with van der Waals surface area (Å²) >= 11 is 0. The number of hydrogen-bond acceptors (Lipinski definition) is 5. The maximum atomic E-state index is 12.4. The van der Waals surface area contributed by atoms with Crippen LogP contribution in [0.2, 0.25) is 0 Å². The van der Waals surface area contributed by atoms with E-state index in [1.54, 1.807) is 30.3 Å². The number of carbonyl (C=O) groups is 2. The van der Waals surface area contributed by atoms with Crippen LogP contribution >= 0.6 is 0 Å². The number of anilines is 2. The standard InChI is InChI=1S/C18H17N3O5/c22-17(19-14-6-2-7-15(11-14)21(24)25)12-4-1-5-13(10-12)20-18(23)16-8-3-9-26-16/h1-2,4-7,10-11,16H,3,8-9H2,(H,19,22)(H,20,23)/t16-/m1/s1. The summed E-state index contributed by atoms with van der Waals surface area (Å²) in [5.41, 5.74) is 1.01. The maximum absolute atomic E-state index is 12.4. The quantitative estimate of drug-likeness (QED) is 0.633. The second-order valence-corrected chi connectivity index (χ2v) is 5.83. The molecule has 0 saturated carbocycles. The van der Waals surface area contributed by atoms with E-state index in [1.165, 1.54) is 18.2 Å². The van der Waals surface area contributed by atoms with E-state index < -0.39 is 16.9 Å². The molecule has 26 heavy (non-hydrogen) atoms. The van der Waals surface area contributed by atoms with E-state index in [9.17, 15) is 19.7 Å². The predicted molar refractivity (Wildman–Crippen MR) is 95.1 cm³/mol. The molecule has 0 bridgehead atoms. The largest absolute Gasteiger partial charge is 0.368 e. The number of nitro groups is 1. The molecule has 1 heterocycles. The number of hydrogen-bond donors (Lipinski definition) is 2. The van der Waals surface area contributed by atoms with Gasteiger partial charge in [-0.3, -0.25) is 19.7 Å². The zero-order valence-corrected chi connectivity index (χ0v) is 13.8. The molecular weight excluding hydrogens is 338 g/mol. The Bertz CT molecular complexity index is 846. The number of benzene rings is 2. The molecule has 0 unspecified atom stereocenters. The Balaban J connectivity index is 1.69. The summed E-state index contributed by atoms with van der Waals surface area (Å²) in [5, 5.41) is 16.1. The van der Waals surface area contributed by atoms with E-state index in [0.717, 1.165) is 6.42 Å². The Morgan fingerprint density at radius 1 is 1.08 bits per heavy atom. The summed E-state index contributed by atoms with van der Waals surface area (Å²) in [6, 6.07) is 12.1. The van der Waals surface area contributed by atoms with Gasteiger partial charge in [-0.2, -0.15) is 0 Å². The Morgan fingerprint density at radius 3 is 2.50 bits per heavy atom. The van der Waals surface area contributed by atoms with Crippen molar-refractivity contribution in [3.05, 3.63) is 64.2 Å². The first-order valence-electron chi connectivity index (χ1n) is 8.11. The molecule has 2 amide bonds. The molecule has 0 radical (unpaired) electrons. The zero-order chi connectivity index (χ0) is 18.5. The molecular formula is C18H17N3O5. The molecule has 2 N–H and O–H groups in total. The monoisotopic (exact) mass is 355 g/mol. The summed E-state index contributed by atoms with van der Waals surface area (Å²) < 4.78 is 5.33. The highest BCUT2D eigenvalue weighted by Crippen LogP contribution is 2.19. The van der Waals surface area contributed by atoms with Crippen LogP contribution in [0, 0.1) is 10.1 Å². The molecule has 0 spiro atoms. The van der Waals surface area contributed by atoms with Gasteiger partial charge in [-0.15, -0.1) is 0 Å². The minimum atomic E-state index is -0.531. The predicted octanol–water partition coefficient (Wildman–Crippen LogP) is 2.96. The lowest BCUT2D eigenvalue weighted by molar-refractivity contribution is -0.384. The average Bonchev–Trinajstić information content (AvgIpc) is 3.17. The third kappa shape index (κ3) is 4.22. The summed E-state index contributed by atoms with van der Waals surface area (Å²) in [4.78, 5) is 34.7. The molecule has 2 aromatic carbocycles. The molecule has 1 fully saturated rings. The first-order valence-corrected chi connectivity index (χ1v) is 8.11. The topological polar surface area (TPSA) is 111 Å². The molecule has 1 atom stereocenters. The fourth-order valence-electron chi connectivity index (χ4n) is 2.65. The lowest BCUT2D eigenvalue weighted by Crippen LogP contribution is -2.27. The van der Waals surface area contributed by atoms with Crippen molar-refractivity contribution >= 4 is 28.9 Å². The number of nitrogens with zero attached hydrogens (tertiary/aromatic N) is 1. The van der Waals surface area contributed by atoms with E-state index in [0.29, 0.717) is 30.0 Å². The Labute approximate surface area is 149 Å². The van der Waals surface area contributed by atoms with Crippen molar-refractivity contribution in [2.75, 3.05) is 17.2 Å². The number of ether oxygens (including phenoxy) is 1. The van der Waals surface area contributed by atoms with Gasteiger partial charge < -0.3 is 15.4 Å². The van der Waals surface area contributed by atoms with Crippen LogP contribution in [0.4, 0.5) is 17.1 Å². The van der Waals surface area contributed by atoms with Crippen molar-refractivity contribution in [3.8, 4) is 0 Å². The molecule has 1 saturated heterocycles. The maximum Gasteiger partial charge on any atom is 0.271 e. The molecule has 1 aliphatic rings. The molecule has 3 rings (SSSR count). The van der Waals surface area contributed by atoms with E-state index in [4.69, 9.17) is 4.74 Å². The smallest absolute Gasteiger partial charge is 0.271 e. The van der Waals surface area contributed by atoms with Crippen molar-refractivity contribution in [1.82, 2.24) is 0 Å². The molecule has 0 aliphatic carbocycles. The normalized spacial score (nSPS) is 16.1. The Hall–Kier alpha value is -3.26. The van der Waals surface area contributed by atoms with Crippen molar-refractivity contribution in [1.29, 1.82) is 0 Å². The van der Waals surface area contributed by atoms with Crippen LogP contribution in [0.1, 0.15) is 23.2 Å². The molecule has 1 aliphatic heterocycles. The van der Waals surface area contributed by atoms with Gasteiger partial charge in [0.05, 0.1) is 4.92 Å². The number of non-ortho nitro benzene ring substituents is 1. The second-order valence-electron chi connectivity index (χ2n) is 5.83. The molecule has 8 heteroatoms. The van der Waals surface area contributed by atoms with E-state index in [-0.39, 0.29) is 11.6 Å². The van der Waals surface area contributed by atoms with Crippen LogP contribution in [-0.4, -0.2) is 29.4 Å². The fraction of sp³-hybridized carbons (Fsp3) is 0.222. The number of nitro benzene ring substituents is 1. The highest BCUT2D eigenvalue weighted by Gasteiger charge is 2.23. The lowest BCUT2D eigenvalue weighted by atomic mass is 10.1. The van der Waals surface area contributed by atoms with Crippen LogP contribution in [-0.2, 0) is 9.53 Å². The fourth-order valence-corrected chi connectivity index (χ4v) is 2.65. The Morgan fingerprint density at radius 2 is 1.81 bits per heavy atom. The summed E-state index contributed by atoms with van der Waals surface area (Å²) in [6.07, 6.45) is 1.07. The van der Waals surface area contributed by atoms with Crippen molar-refractivity contribution in [3.63, 3.8) is 0 Å². The van der Waals surface area contributed by atoms with E-state index in [2.05, 4.69) is 10.6 Å². The third-order valence-corrected chi connectivity index (χ3v) is 3.93. The van der Waals surface area contributed by atoms with E-state index >= 15 is 0 Å². The molecule has 2 aromatic rings. The van der Waals surface area contributed by atoms with Gasteiger partial charge in [0.15, 0.2) is 0 Å². The highest BCUT2D eigenvalue weighted by molar-refractivity contribution is 6.05. The van der Waals surface area contributed by atoms with Gasteiger partial charge in [-0.05, 0) is 37.1 Å². The highest BCUT2D eigenvalue weighted by atomic mass is 16.6. The first-order chi connectivity index (χ1) is 12.5. The van der Waals surface area contributed by atoms with Gasteiger partial charge in [-0.25, -0.2) is 0 Å². The summed E-state index contributed by atoms with van der Waals surface area (Å²) in [6.45, 7) is 0.573. The first kappa shape index (κ1) is 17.6. The van der Waals surface area contributed by atoms with Crippen LogP contribution in [0.25, 0.3) is 0 Å². The number of carbonyl (C=O) groups excluding carboxylic acids is 2. The minimum absolute atomic E-state index is 0.111. The van der Waals surface area contributed by atoms with Gasteiger partial charge in [0.25, 0.3) is 17.5 Å². The zero-order valence-electron chi connectivity index (χ0n) is 13.8. The third-order valence-electron chi connectivity index (χ3n) is 3.93. The number of rotatable bonds is 5. The van der Waals surface area contributed by atoms with Crippen LogP contribution in [0.3, 0.4) is 0 Å². The van der Waals surface area contributed by atoms with Crippen molar-refractivity contribution in [2.45, 2.75) is 18.9 Å². The van der Waals surface area contributed by atoms with Gasteiger partial charge in [-0.1, -0.05) is 12.1 Å². The van der Waals surface area contributed by atoms with Crippen LogP contribution in [0.15, 0.2) is 48.5 Å². The lowest BCUT2D eigenvalue weighted by Gasteiger charge is -2.11. The van der Waals surface area contributed by atoms with E-state index in [1.807, 2.05) is 0 Å². The van der Waals surface area contributed by atoms with Crippen LogP contribution in [0.5, 0.6) is 0 Å². The Kier molecular flexibility index (Phi) is 5.23. The SMILES string of the molecule is O=C(Nc1cccc([N+](=O)[O-])c1)c1cccc(NC(=O)[C@H]2CCCO2)c1. The van der Waals surface area contributed by atoms with Gasteiger partial charge in [0.1, 0.15) is 6.10 Å². The summed E-state index contributed by atoms with van der Waals surface area (Å²) in [5.74, 6) is -0.669. The van der Waals surface area contributed by atoms with Gasteiger partial charge in [0, 0.05) is 35.7 Å². The number of nitrogens with one attached hydrogen (secondary N) is 2. The number of amides is 2. The minimum Gasteiger partial charge on any atom is -0.368 e.